The first-order chi connectivity index (χ1) is 13.1. The fourth-order valence-corrected chi connectivity index (χ4v) is 2.70. The van der Waals surface area contributed by atoms with E-state index in [0.717, 1.165) is 5.69 Å². The molecule has 0 atom stereocenters. The van der Waals surface area contributed by atoms with Crippen LogP contribution in [0.3, 0.4) is 0 Å². The van der Waals surface area contributed by atoms with Gasteiger partial charge >= 0.3 is 0 Å². The van der Waals surface area contributed by atoms with Crippen molar-refractivity contribution in [3.05, 3.63) is 35.3 Å². The highest BCUT2D eigenvalue weighted by atomic mass is 19.1. The van der Waals surface area contributed by atoms with Gasteiger partial charge < -0.3 is 21.5 Å². The lowest BCUT2D eigenvalue weighted by Crippen LogP contribution is -2.40. The molecular formula is C19H26FN7O. The van der Waals surface area contributed by atoms with Crippen LogP contribution < -0.4 is 16.4 Å². The first-order valence-electron chi connectivity index (χ1n) is 9.14. The molecule has 0 aliphatic heterocycles. The number of hydrogen-bond acceptors (Lipinski definition) is 7. The molecule has 3 rings (SSSR count). The number of anilines is 2. The van der Waals surface area contributed by atoms with Crippen molar-refractivity contribution in [2.45, 2.75) is 45.7 Å². The molecule has 0 saturated heterocycles. The lowest BCUT2D eigenvalue weighted by Gasteiger charge is -2.19. The van der Waals surface area contributed by atoms with Crippen LogP contribution in [-0.2, 0) is 6.54 Å². The maximum absolute atomic E-state index is 13.5. The quantitative estimate of drug-likeness (QED) is 0.422. The summed E-state index contributed by atoms with van der Waals surface area (Å²) in [5.74, 6) is 0.678. The molecule has 0 aliphatic carbocycles. The van der Waals surface area contributed by atoms with Gasteiger partial charge in [-0.2, -0.15) is 10.1 Å². The molecule has 6 N–H and O–H groups in total. The minimum absolute atomic E-state index is 0.00678. The largest absolute Gasteiger partial charge is 0.508 e. The van der Waals surface area contributed by atoms with Crippen molar-refractivity contribution in [2.75, 3.05) is 17.2 Å². The minimum atomic E-state index is -0.434. The second-order valence-electron chi connectivity index (χ2n) is 7.85. The predicted molar refractivity (Wildman–Crippen MR) is 108 cm³/mol. The Morgan fingerprint density at radius 3 is 2.64 bits per heavy atom. The second kappa shape index (κ2) is 7.59. The van der Waals surface area contributed by atoms with E-state index in [0.29, 0.717) is 34.9 Å². The number of fused-ring (bicyclic) bond motifs is 1. The minimum Gasteiger partial charge on any atom is -0.508 e. The number of rotatable bonds is 7. The van der Waals surface area contributed by atoms with Gasteiger partial charge in [0.15, 0.2) is 11.3 Å². The molecule has 3 aromatic rings. The summed E-state index contributed by atoms with van der Waals surface area (Å²) in [4.78, 5) is 9.08. The number of nitrogens with two attached hydrogens (primary N) is 1. The maximum Gasteiger partial charge on any atom is 0.225 e. The van der Waals surface area contributed by atoms with Crippen LogP contribution in [-0.4, -0.2) is 37.4 Å². The molecule has 0 spiro atoms. The monoisotopic (exact) mass is 387 g/mol. The van der Waals surface area contributed by atoms with Crippen molar-refractivity contribution in [1.82, 2.24) is 20.2 Å². The number of halogens is 1. The zero-order valence-electron chi connectivity index (χ0n) is 16.5. The molecule has 0 bridgehead atoms. The Balaban J connectivity index is 1.95. The van der Waals surface area contributed by atoms with Crippen LogP contribution >= 0.6 is 0 Å². The fraction of sp³-hybridized carbons (Fsp3) is 0.421. The van der Waals surface area contributed by atoms with Crippen LogP contribution in [0, 0.1) is 5.82 Å². The van der Waals surface area contributed by atoms with Crippen LogP contribution in [0.25, 0.3) is 11.0 Å². The van der Waals surface area contributed by atoms with Gasteiger partial charge in [0.05, 0.1) is 5.69 Å². The molecule has 0 amide bonds. The third-order valence-electron chi connectivity index (χ3n) is 4.19. The third-order valence-corrected chi connectivity index (χ3v) is 4.19. The molecule has 9 heteroatoms. The van der Waals surface area contributed by atoms with E-state index in [2.05, 4.69) is 30.8 Å². The second-order valence-corrected chi connectivity index (χ2v) is 7.85. The van der Waals surface area contributed by atoms with Crippen molar-refractivity contribution in [1.29, 1.82) is 0 Å². The number of phenolic OH excluding ortho intramolecular Hbond substituents is 1. The number of hydrogen-bond donors (Lipinski definition) is 5. The Hall–Kier alpha value is -2.94. The molecule has 0 fully saturated rings. The van der Waals surface area contributed by atoms with E-state index in [4.69, 9.17) is 5.73 Å². The van der Waals surface area contributed by atoms with E-state index in [-0.39, 0.29) is 18.2 Å². The van der Waals surface area contributed by atoms with E-state index >= 15 is 0 Å². The van der Waals surface area contributed by atoms with Gasteiger partial charge in [0, 0.05) is 24.2 Å². The first kappa shape index (κ1) is 19.8. The number of phenols is 1. The standard InChI is InChI=1S/C19H26FN7O/c1-10(2)14-15-16(27-26-14)17(25-18(24-15)23-9-19(3,4)21)22-8-11-7-12(20)5-6-13(11)28/h5-7,10,28H,8-9,21H2,1-4H3,(H,26,27)(H2,22,23,24,25). The third kappa shape index (κ3) is 4.48. The summed E-state index contributed by atoms with van der Waals surface area (Å²) in [6.45, 7) is 8.56. The van der Waals surface area contributed by atoms with E-state index < -0.39 is 11.4 Å². The van der Waals surface area contributed by atoms with Gasteiger partial charge in [-0.15, -0.1) is 0 Å². The van der Waals surface area contributed by atoms with Crippen LogP contribution in [0.15, 0.2) is 18.2 Å². The molecule has 2 aromatic heterocycles. The molecule has 0 saturated carbocycles. The van der Waals surface area contributed by atoms with Crippen molar-refractivity contribution in [2.24, 2.45) is 5.73 Å². The average Bonchev–Trinajstić information content (AvgIpc) is 3.04. The van der Waals surface area contributed by atoms with Crippen LogP contribution in [0.2, 0.25) is 0 Å². The smallest absolute Gasteiger partial charge is 0.225 e. The van der Waals surface area contributed by atoms with E-state index in [1.54, 1.807) is 0 Å². The lowest BCUT2D eigenvalue weighted by atomic mass is 10.1. The summed E-state index contributed by atoms with van der Waals surface area (Å²) in [5.41, 5.74) is 8.20. The Labute approximate surface area is 162 Å². The van der Waals surface area contributed by atoms with Gasteiger partial charge in [-0.3, -0.25) is 5.10 Å². The maximum atomic E-state index is 13.5. The van der Waals surface area contributed by atoms with E-state index in [1.165, 1.54) is 18.2 Å². The van der Waals surface area contributed by atoms with Crippen molar-refractivity contribution in [3.63, 3.8) is 0 Å². The highest BCUT2D eigenvalue weighted by molar-refractivity contribution is 5.88. The fourth-order valence-electron chi connectivity index (χ4n) is 2.70. The van der Waals surface area contributed by atoms with Crippen molar-refractivity contribution < 1.29 is 9.50 Å². The molecule has 1 aromatic carbocycles. The molecule has 0 unspecified atom stereocenters. The Bertz CT molecular complexity index is 978. The number of H-pyrrole nitrogens is 1. The number of aromatic hydroxyl groups is 1. The van der Waals surface area contributed by atoms with Gasteiger partial charge in [0.2, 0.25) is 5.95 Å². The van der Waals surface area contributed by atoms with Gasteiger partial charge in [0.1, 0.15) is 17.1 Å². The van der Waals surface area contributed by atoms with Crippen LogP contribution in [0.5, 0.6) is 5.75 Å². The normalized spacial score (nSPS) is 12.0. The number of benzene rings is 1. The Morgan fingerprint density at radius 1 is 1.21 bits per heavy atom. The van der Waals surface area contributed by atoms with Gasteiger partial charge in [-0.1, -0.05) is 13.8 Å². The topological polar surface area (TPSA) is 125 Å². The molecule has 28 heavy (non-hydrogen) atoms. The highest BCUT2D eigenvalue weighted by Gasteiger charge is 2.18. The SMILES string of the molecule is CC(C)c1[nH]nc2c(NCc3cc(F)ccc3O)nc(NCC(C)(C)N)nc12. The lowest BCUT2D eigenvalue weighted by molar-refractivity contribution is 0.466. The van der Waals surface area contributed by atoms with Crippen LogP contribution in [0.1, 0.15) is 44.9 Å². The Kier molecular flexibility index (Phi) is 5.37. The van der Waals surface area contributed by atoms with Crippen LogP contribution in [0.4, 0.5) is 16.2 Å². The van der Waals surface area contributed by atoms with Gasteiger partial charge in [0.25, 0.3) is 0 Å². The highest BCUT2D eigenvalue weighted by Crippen LogP contribution is 2.28. The predicted octanol–water partition coefficient (Wildman–Crippen LogP) is 3.08. The summed E-state index contributed by atoms with van der Waals surface area (Å²) in [6.07, 6.45) is 0. The number of aromatic nitrogens is 4. The molecule has 150 valence electrons. The van der Waals surface area contributed by atoms with Crippen molar-refractivity contribution >= 4 is 22.8 Å². The zero-order valence-corrected chi connectivity index (χ0v) is 16.5. The molecule has 2 heterocycles. The van der Waals surface area contributed by atoms with E-state index in [1.807, 2.05) is 27.7 Å². The Morgan fingerprint density at radius 2 is 1.96 bits per heavy atom. The molecule has 8 nitrogen and oxygen atoms in total. The summed E-state index contributed by atoms with van der Waals surface area (Å²) in [5, 5.41) is 23.6. The summed E-state index contributed by atoms with van der Waals surface area (Å²) < 4.78 is 13.5. The summed E-state index contributed by atoms with van der Waals surface area (Å²) in [7, 11) is 0. The summed E-state index contributed by atoms with van der Waals surface area (Å²) in [6, 6.07) is 3.81. The average molecular weight is 387 g/mol. The molecular weight excluding hydrogens is 361 g/mol. The number of aromatic amines is 1. The zero-order chi connectivity index (χ0) is 20.5. The van der Waals surface area contributed by atoms with E-state index in [9.17, 15) is 9.50 Å². The van der Waals surface area contributed by atoms with Crippen molar-refractivity contribution in [3.8, 4) is 5.75 Å². The molecule has 0 radical (unpaired) electrons. The molecule has 0 aliphatic rings. The first-order valence-corrected chi connectivity index (χ1v) is 9.14. The van der Waals surface area contributed by atoms with Gasteiger partial charge in [-0.05, 0) is 38.0 Å². The summed E-state index contributed by atoms with van der Waals surface area (Å²) >= 11 is 0. The van der Waals surface area contributed by atoms with Gasteiger partial charge in [-0.25, -0.2) is 9.37 Å². The number of nitrogens with zero attached hydrogens (tertiary/aromatic N) is 3. The number of nitrogens with one attached hydrogen (secondary N) is 3.